The van der Waals surface area contributed by atoms with E-state index in [1.165, 1.54) is 87.2 Å². The van der Waals surface area contributed by atoms with Gasteiger partial charge in [0.05, 0.1) is 44.1 Å². The van der Waals surface area contributed by atoms with Crippen LogP contribution in [0, 0.1) is 0 Å². The van der Waals surface area contributed by atoms with Crippen LogP contribution in [-0.4, -0.2) is 18.3 Å². The molecule has 0 amide bonds. The first-order valence-corrected chi connectivity index (χ1v) is 20.0. The molecule has 0 aliphatic heterocycles. The number of benzene rings is 9. The van der Waals surface area contributed by atoms with Gasteiger partial charge >= 0.3 is 0 Å². The van der Waals surface area contributed by atoms with E-state index in [0.717, 1.165) is 22.7 Å². The van der Waals surface area contributed by atoms with E-state index in [2.05, 4.69) is 225 Å². The van der Waals surface area contributed by atoms with Gasteiger partial charge in [-0.25, -0.2) is 0 Å². The largest absolute Gasteiger partial charge is 0.309 e. The van der Waals surface area contributed by atoms with Crippen LogP contribution in [0.25, 0.3) is 110 Å². The minimum absolute atomic E-state index is 1.13. The average Bonchev–Trinajstić information content (AvgIpc) is 4.02. The van der Waals surface area contributed by atoms with Crippen LogP contribution >= 0.6 is 0 Å². The highest BCUT2D eigenvalue weighted by Crippen LogP contribution is 2.44. The second-order valence-corrected chi connectivity index (χ2v) is 15.3. The van der Waals surface area contributed by atoms with Crippen molar-refractivity contribution in [1.82, 2.24) is 18.3 Å². The molecule has 0 saturated heterocycles. The molecule has 0 spiro atoms. The monoisotopic (exact) mass is 738 g/mol. The second-order valence-electron chi connectivity index (χ2n) is 15.3. The van der Waals surface area contributed by atoms with Crippen molar-refractivity contribution in [2.75, 3.05) is 0 Å². The maximum atomic E-state index is 2.45. The summed E-state index contributed by atoms with van der Waals surface area (Å²) >= 11 is 0. The van der Waals surface area contributed by atoms with Gasteiger partial charge in [0.1, 0.15) is 0 Å². The van der Waals surface area contributed by atoms with Crippen molar-refractivity contribution >= 4 is 87.2 Å². The molecule has 58 heavy (non-hydrogen) atoms. The van der Waals surface area contributed by atoms with Crippen molar-refractivity contribution in [2.45, 2.75) is 0 Å². The molecule has 0 N–H and O–H groups in total. The van der Waals surface area contributed by atoms with Gasteiger partial charge in [0, 0.05) is 65.8 Å². The van der Waals surface area contributed by atoms with Crippen molar-refractivity contribution in [2.24, 2.45) is 0 Å². The minimum atomic E-state index is 1.13. The Morgan fingerprint density at radius 1 is 0.190 bits per heavy atom. The Bertz CT molecular complexity index is 3520. The topological polar surface area (TPSA) is 19.7 Å². The lowest BCUT2D eigenvalue weighted by Crippen LogP contribution is -1.98. The van der Waals surface area contributed by atoms with Crippen molar-refractivity contribution in [3.05, 3.63) is 206 Å². The van der Waals surface area contributed by atoms with Gasteiger partial charge in [0.25, 0.3) is 0 Å². The van der Waals surface area contributed by atoms with Gasteiger partial charge in [0.15, 0.2) is 0 Å². The molecular weight excluding hydrogens is 705 g/mol. The Labute approximate surface area is 333 Å². The minimum Gasteiger partial charge on any atom is -0.309 e. The third-order valence-corrected chi connectivity index (χ3v) is 12.3. The van der Waals surface area contributed by atoms with Crippen LogP contribution in [0.4, 0.5) is 0 Å². The average molecular weight is 739 g/mol. The van der Waals surface area contributed by atoms with Crippen LogP contribution < -0.4 is 0 Å². The molecule has 9 aromatic carbocycles. The number of rotatable bonds is 4. The van der Waals surface area contributed by atoms with Crippen LogP contribution in [-0.2, 0) is 0 Å². The molecule has 4 heteroatoms. The molecule has 0 atom stereocenters. The zero-order valence-electron chi connectivity index (χ0n) is 31.4. The smallest absolute Gasteiger partial charge is 0.0641 e. The van der Waals surface area contributed by atoms with Crippen LogP contribution in [0.1, 0.15) is 0 Å². The van der Waals surface area contributed by atoms with E-state index in [-0.39, 0.29) is 0 Å². The van der Waals surface area contributed by atoms with Crippen LogP contribution in [0.5, 0.6) is 0 Å². The molecule has 4 nitrogen and oxygen atoms in total. The molecular formula is C54H34N4. The Morgan fingerprint density at radius 3 is 0.897 bits per heavy atom. The lowest BCUT2D eigenvalue weighted by Gasteiger charge is -2.12. The van der Waals surface area contributed by atoms with Crippen LogP contribution in [0.15, 0.2) is 206 Å². The third kappa shape index (κ3) is 4.18. The normalized spacial score (nSPS) is 12.1. The summed E-state index contributed by atoms with van der Waals surface area (Å²) < 4.78 is 9.77. The Kier molecular flexibility index (Phi) is 6.41. The maximum absolute atomic E-state index is 2.45. The van der Waals surface area contributed by atoms with E-state index in [1.54, 1.807) is 0 Å². The fraction of sp³-hybridized carbons (Fsp3) is 0. The summed E-state index contributed by atoms with van der Waals surface area (Å²) in [5.41, 5.74) is 14.2. The zero-order valence-corrected chi connectivity index (χ0v) is 31.4. The quantitative estimate of drug-likeness (QED) is 0.171. The highest BCUT2D eigenvalue weighted by Gasteiger charge is 2.23. The van der Waals surface area contributed by atoms with Gasteiger partial charge in [-0.15, -0.1) is 0 Å². The summed E-state index contributed by atoms with van der Waals surface area (Å²) in [6, 6.07) is 75.3. The van der Waals surface area contributed by atoms with Crippen molar-refractivity contribution < 1.29 is 0 Å². The number of para-hydroxylation sites is 6. The molecule has 0 fully saturated rings. The van der Waals surface area contributed by atoms with E-state index in [0.29, 0.717) is 0 Å². The molecule has 270 valence electrons. The summed E-state index contributed by atoms with van der Waals surface area (Å²) in [6.45, 7) is 0. The number of aromatic nitrogens is 4. The van der Waals surface area contributed by atoms with Crippen LogP contribution in [0.3, 0.4) is 0 Å². The van der Waals surface area contributed by atoms with E-state index >= 15 is 0 Å². The lowest BCUT2D eigenvalue weighted by molar-refractivity contribution is 1.14. The summed E-state index contributed by atoms with van der Waals surface area (Å²) in [4.78, 5) is 0. The highest BCUT2D eigenvalue weighted by atomic mass is 15.0. The fourth-order valence-electron chi connectivity index (χ4n) is 10.0. The number of fused-ring (bicyclic) bond motifs is 14. The fourth-order valence-corrected chi connectivity index (χ4v) is 10.0. The predicted octanol–water partition coefficient (Wildman–Crippen LogP) is 14.1. The SMILES string of the molecule is c1ccc(-n2c3ccccc3c3ccc4c(c5ccccc5n4-c4ccc(-n5c6ccccc6c6c5ccc5c7ccccc7n(-c7ccccc7)c56)cc4)c32)cc1. The van der Waals surface area contributed by atoms with Gasteiger partial charge in [0.2, 0.25) is 0 Å². The molecule has 0 aliphatic carbocycles. The van der Waals surface area contributed by atoms with Gasteiger partial charge in [-0.05, 0) is 84.9 Å². The molecule has 13 aromatic rings. The first-order chi connectivity index (χ1) is 28.8. The standard InChI is InChI=1S/C54H34N4/c1-3-15-35(16-4-1)57-45-23-11-7-19-39(45)41-31-33-49-51(53(41)57)43-21-9-13-25-47(43)55(49)37-27-29-38(30-28-37)56-48-26-14-10-22-44(48)52-50(56)34-32-42-40-20-8-12-24-46(40)58(54(42)52)36-17-5-2-6-18-36/h1-34H. The maximum Gasteiger partial charge on any atom is 0.0641 e. The van der Waals surface area contributed by atoms with Crippen LogP contribution in [0.2, 0.25) is 0 Å². The third-order valence-electron chi connectivity index (χ3n) is 12.3. The van der Waals surface area contributed by atoms with Gasteiger partial charge < -0.3 is 18.3 Å². The Morgan fingerprint density at radius 2 is 0.500 bits per heavy atom. The number of hydrogen-bond acceptors (Lipinski definition) is 0. The van der Waals surface area contributed by atoms with E-state index in [4.69, 9.17) is 0 Å². The molecule has 0 aliphatic rings. The van der Waals surface area contributed by atoms with Crippen molar-refractivity contribution in [1.29, 1.82) is 0 Å². The van der Waals surface area contributed by atoms with Gasteiger partial charge in [-0.3, -0.25) is 0 Å². The molecule has 0 unspecified atom stereocenters. The van der Waals surface area contributed by atoms with Gasteiger partial charge in [-0.2, -0.15) is 0 Å². The molecule has 4 heterocycles. The molecule has 0 radical (unpaired) electrons. The Hall–Kier alpha value is -7.82. The summed E-state index contributed by atoms with van der Waals surface area (Å²) in [5.74, 6) is 0. The molecule has 0 bridgehead atoms. The van der Waals surface area contributed by atoms with E-state index in [9.17, 15) is 0 Å². The molecule has 4 aromatic heterocycles. The molecule has 0 saturated carbocycles. The Balaban J connectivity index is 1.06. The van der Waals surface area contributed by atoms with Crippen molar-refractivity contribution in [3.63, 3.8) is 0 Å². The second kappa shape index (κ2) is 11.8. The first-order valence-electron chi connectivity index (χ1n) is 20.0. The lowest BCUT2D eigenvalue weighted by atomic mass is 10.1. The zero-order chi connectivity index (χ0) is 37.9. The summed E-state index contributed by atoms with van der Waals surface area (Å²) in [6.07, 6.45) is 0. The summed E-state index contributed by atoms with van der Waals surface area (Å²) in [5, 5.41) is 10.1. The predicted molar refractivity (Wildman–Crippen MR) is 244 cm³/mol. The number of nitrogens with zero attached hydrogens (tertiary/aromatic N) is 4. The van der Waals surface area contributed by atoms with E-state index in [1.807, 2.05) is 0 Å². The van der Waals surface area contributed by atoms with Crippen molar-refractivity contribution in [3.8, 4) is 22.7 Å². The molecule has 13 rings (SSSR count). The highest BCUT2D eigenvalue weighted by molar-refractivity contribution is 6.27. The number of hydrogen-bond donors (Lipinski definition) is 0. The van der Waals surface area contributed by atoms with E-state index < -0.39 is 0 Å². The first kappa shape index (κ1) is 31.4. The summed E-state index contributed by atoms with van der Waals surface area (Å²) in [7, 11) is 0. The van der Waals surface area contributed by atoms with Gasteiger partial charge in [-0.1, -0.05) is 121 Å².